The van der Waals surface area contributed by atoms with Crippen LogP contribution in [0.1, 0.15) is 45.4 Å². The van der Waals surface area contributed by atoms with Crippen LogP contribution in [0.3, 0.4) is 0 Å². The van der Waals surface area contributed by atoms with Crippen LogP contribution in [0.2, 0.25) is 0 Å². The van der Waals surface area contributed by atoms with Gasteiger partial charge in [-0.05, 0) is 57.6 Å². The third kappa shape index (κ3) is 3.93. The van der Waals surface area contributed by atoms with Gasteiger partial charge in [0.2, 0.25) is 0 Å². The molecule has 5 rings (SSSR count). The zero-order chi connectivity index (χ0) is 21.9. The lowest BCUT2D eigenvalue weighted by Crippen LogP contribution is -2.21. The minimum atomic E-state index is -0.0586. The van der Waals surface area contributed by atoms with E-state index in [9.17, 15) is 4.79 Å². The summed E-state index contributed by atoms with van der Waals surface area (Å²) >= 11 is 0. The van der Waals surface area contributed by atoms with Crippen molar-refractivity contribution >= 4 is 33.2 Å². The predicted molar refractivity (Wildman–Crippen MR) is 127 cm³/mol. The largest absolute Gasteiger partial charge is 0.382 e. The van der Waals surface area contributed by atoms with Crippen LogP contribution in [0.15, 0.2) is 47.0 Å². The Bertz CT molecular complexity index is 1350. The minimum Gasteiger partial charge on any atom is -0.382 e. The Morgan fingerprint density at radius 3 is 2.69 bits per heavy atom. The van der Waals surface area contributed by atoms with Gasteiger partial charge in [0.25, 0.3) is 5.56 Å². The van der Waals surface area contributed by atoms with Crippen molar-refractivity contribution in [2.75, 3.05) is 13.2 Å². The Hall–Kier alpha value is -3.06. The summed E-state index contributed by atoms with van der Waals surface area (Å²) in [7, 11) is 0. The molecule has 4 aromatic rings. The van der Waals surface area contributed by atoms with Gasteiger partial charge in [0, 0.05) is 26.3 Å². The maximum absolute atomic E-state index is 13.5. The molecule has 1 aliphatic rings. The van der Waals surface area contributed by atoms with E-state index in [2.05, 4.69) is 10.6 Å². The molecule has 3 heterocycles. The number of benzene rings is 1. The van der Waals surface area contributed by atoms with Crippen LogP contribution in [-0.4, -0.2) is 37.3 Å². The first-order valence-corrected chi connectivity index (χ1v) is 11.7. The number of rotatable bonds is 8. The second kappa shape index (κ2) is 9.20. The van der Waals surface area contributed by atoms with Crippen LogP contribution in [0, 0.1) is 0 Å². The molecule has 1 aromatic carbocycles. The predicted octanol–water partition coefficient (Wildman–Crippen LogP) is 4.61. The number of para-hydroxylation sites is 2. The molecule has 0 bridgehead atoms. The Morgan fingerprint density at radius 2 is 1.91 bits per heavy atom. The summed E-state index contributed by atoms with van der Waals surface area (Å²) in [5.74, 6) is 0. The molecule has 0 unspecified atom stereocenters. The van der Waals surface area contributed by atoms with Gasteiger partial charge in [-0.3, -0.25) is 9.36 Å². The second-order valence-electron chi connectivity index (χ2n) is 8.39. The Labute approximate surface area is 186 Å². The molecular weight excluding hydrogens is 402 g/mol. The number of aromatic nitrogens is 5. The van der Waals surface area contributed by atoms with E-state index in [1.54, 1.807) is 10.9 Å². The van der Waals surface area contributed by atoms with Crippen LogP contribution in [0.25, 0.3) is 33.2 Å². The van der Waals surface area contributed by atoms with Gasteiger partial charge in [-0.15, -0.1) is 0 Å². The molecule has 0 saturated carbocycles. The maximum atomic E-state index is 13.5. The smallest absolute Gasteiger partial charge is 0.265 e. The summed E-state index contributed by atoms with van der Waals surface area (Å²) < 4.78 is 9.19. The van der Waals surface area contributed by atoms with Crippen LogP contribution in [0.5, 0.6) is 0 Å². The summed E-state index contributed by atoms with van der Waals surface area (Å²) in [6.45, 7) is 4.60. The van der Waals surface area contributed by atoms with Gasteiger partial charge in [0.05, 0.1) is 17.4 Å². The average Bonchev–Trinajstić information content (AvgIpc) is 3.14. The summed E-state index contributed by atoms with van der Waals surface area (Å²) in [5, 5.41) is 0.565. The van der Waals surface area contributed by atoms with Gasteiger partial charge < -0.3 is 9.30 Å². The number of hydrogen-bond donors (Lipinski definition) is 0. The third-order valence-corrected chi connectivity index (χ3v) is 6.25. The van der Waals surface area contributed by atoms with E-state index in [1.807, 2.05) is 31.2 Å². The molecule has 3 aromatic heterocycles. The summed E-state index contributed by atoms with van der Waals surface area (Å²) in [6.07, 6.45) is 10.6. The first-order chi connectivity index (χ1) is 15.8. The molecule has 166 valence electrons. The normalized spacial score (nSPS) is 14.5. The number of allylic oxidation sites excluding steroid dienone is 2. The van der Waals surface area contributed by atoms with Crippen LogP contribution in [-0.2, 0) is 17.8 Å². The van der Waals surface area contributed by atoms with Crippen molar-refractivity contribution in [3.63, 3.8) is 0 Å². The van der Waals surface area contributed by atoms with E-state index < -0.39 is 0 Å². The highest BCUT2D eigenvalue weighted by Gasteiger charge is 2.20. The van der Waals surface area contributed by atoms with E-state index in [0.717, 1.165) is 48.9 Å². The third-order valence-electron chi connectivity index (χ3n) is 6.25. The molecule has 32 heavy (non-hydrogen) atoms. The molecule has 0 spiro atoms. The molecule has 0 saturated heterocycles. The molecule has 0 aliphatic heterocycles. The highest BCUT2D eigenvalue weighted by atomic mass is 16.5. The van der Waals surface area contributed by atoms with E-state index in [-0.39, 0.29) is 5.56 Å². The minimum absolute atomic E-state index is 0.0586. The van der Waals surface area contributed by atoms with Crippen molar-refractivity contribution in [2.24, 2.45) is 0 Å². The SMILES string of the molecule is CCOCCCn1cnc2c(c1=O)c1nc3ccccc3nc1n2CCC1=CCCCC1. The van der Waals surface area contributed by atoms with E-state index in [4.69, 9.17) is 19.7 Å². The van der Waals surface area contributed by atoms with Crippen LogP contribution in [0.4, 0.5) is 0 Å². The van der Waals surface area contributed by atoms with Crippen molar-refractivity contribution in [1.29, 1.82) is 0 Å². The maximum Gasteiger partial charge on any atom is 0.265 e. The van der Waals surface area contributed by atoms with Crippen molar-refractivity contribution in [3.05, 3.63) is 52.6 Å². The molecule has 0 fully saturated rings. The lowest BCUT2D eigenvalue weighted by atomic mass is 9.97. The molecule has 1 aliphatic carbocycles. The van der Waals surface area contributed by atoms with E-state index in [1.165, 1.54) is 18.4 Å². The zero-order valence-electron chi connectivity index (χ0n) is 18.6. The summed E-state index contributed by atoms with van der Waals surface area (Å²) in [6, 6.07) is 7.82. The van der Waals surface area contributed by atoms with Gasteiger partial charge in [-0.2, -0.15) is 0 Å². The van der Waals surface area contributed by atoms with Gasteiger partial charge in [-0.1, -0.05) is 23.8 Å². The van der Waals surface area contributed by atoms with E-state index in [0.29, 0.717) is 36.3 Å². The fraction of sp³-hybridized carbons (Fsp3) is 0.440. The van der Waals surface area contributed by atoms with E-state index >= 15 is 0 Å². The first kappa shape index (κ1) is 20.8. The molecule has 7 heteroatoms. The molecule has 0 atom stereocenters. The van der Waals surface area contributed by atoms with Gasteiger partial charge in [0.15, 0.2) is 11.3 Å². The summed E-state index contributed by atoms with van der Waals surface area (Å²) in [4.78, 5) is 27.9. The van der Waals surface area contributed by atoms with Crippen molar-refractivity contribution in [3.8, 4) is 0 Å². The quantitative estimate of drug-likeness (QED) is 0.301. The average molecular weight is 432 g/mol. The fourth-order valence-electron chi connectivity index (χ4n) is 4.58. The van der Waals surface area contributed by atoms with Crippen molar-refractivity contribution in [1.82, 2.24) is 24.1 Å². The van der Waals surface area contributed by atoms with Crippen molar-refractivity contribution < 1.29 is 4.74 Å². The monoisotopic (exact) mass is 431 g/mol. The Morgan fingerprint density at radius 1 is 1.06 bits per heavy atom. The number of ether oxygens (including phenoxy) is 1. The highest BCUT2D eigenvalue weighted by molar-refractivity contribution is 6.04. The van der Waals surface area contributed by atoms with Crippen LogP contribution >= 0.6 is 0 Å². The molecular formula is C25H29N5O2. The molecule has 0 radical (unpaired) electrons. The Kier molecular flexibility index (Phi) is 5.99. The van der Waals surface area contributed by atoms with Gasteiger partial charge in [0.1, 0.15) is 10.9 Å². The standard InChI is InChI=1S/C25H29N5O2/c1-2-32-16-8-14-29-17-26-23-21(25(29)31)22-24(28-20-12-7-6-11-19(20)27-22)30(23)15-13-18-9-4-3-5-10-18/h6-7,9,11-12,17H,2-5,8,10,13-16H2,1H3. The van der Waals surface area contributed by atoms with Gasteiger partial charge in [-0.25, -0.2) is 15.0 Å². The number of nitrogens with zero attached hydrogens (tertiary/aromatic N) is 5. The fourth-order valence-corrected chi connectivity index (χ4v) is 4.58. The molecule has 0 amide bonds. The van der Waals surface area contributed by atoms with Crippen molar-refractivity contribution in [2.45, 2.75) is 58.5 Å². The Balaban J connectivity index is 1.62. The number of aryl methyl sites for hydroxylation is 2. The lowest BCUT2D eigenvalue weighted by molar-refractivity contribution is 0.141. The number of fused-ring (bicyclic) bond motifs is 4. The summed E-state index contributed by atoms with van der Waals surface area (Å²) in [5.41, 5.74) is 5.12. The first-order valence-electron chi connectivity index (χ1n) is 11.7. The number of hydrogen-bond acceptors (Lipinski definition) is 5. The highest BCUT2D eigenvalue weighted by Crippen LogP contribution is 2.27. The van der Waals surface area contributed by atoms with Crippen LogP contribution < -0.4 is 5.56 Å². The molecule has 7 nitrogen and oxygen atoms in total. The topological polar surface area (TPSA) is 74.8 Å². The van der Waals surface area contributed by atoms with Gasteiger partial charge >= 0.3 is 0 Å². The second-order valence-corrected chi connectivity index (χ2v) is 8.39. The molecule has 0 N–H and O–H groups in total. The zero-order valence-corrected chi connectivity index (χ0v) is 18.6. The lowest BCUT2D eigenvalue weighted by Gasteiger charge is -2.13.